The third-order valence-corrected chi connectivity index (χ3v) is 1.50. The van der Waals surface area contributed by atoms with E-state index in [4.69, 9.17) is 19.2 Å². The summed E-state index contributed by atoms with van der Waals surface area (Å²) in [6.45, 7) is 1.10. The second-order valence-electron chi connectivity index (χ2n) is 4.53. The first-order chi connectivity index (χ1) is 7.08. The lowest BCUT2D eigenvalue weighted by molar-refractivity contribution is -0.884. The second kappa shape index (κ2) is 6.09. The van der Waals surface area contributed by atoms with Crippen LogP contribution in [0.3, 0.4) is 0 Å². The summed E-state index contributed by atoms with van der Waals surface area (Å²) in [4.78, 5) is 29.3. The summed E-state index contributed by atoms with van der Waals surface area (Å²) in [5.74, 6) is 0. The molecule has 0 aromatic heterocycles. The van der Waals surface area contributed by atoms with Gasteiger partial charge in [-0.25, -0.2) is 0 Å². The molecule has 16 heavy (non-hydrogen) atoms. The van der Waals surface area contributed by atoms with Crippen LogP contribution in [-0.2, 0) is 6.54 Å². The van der Waals surface area contributed by atoms with Gasteiger partial charge in [-0.2, -0.15) is 0 Å². The minimum Gasteiger partial charge on any atom is -0.368 e. The van der Waals surface area contributed by atoms with Gasteiger partial charge in [0.1, 0.15) is 6.54 Å². The van der Waals surface area contributed by atoms with Crippen molar-refractivity contribution in [1.82, 2.24) is 0 Å². The lowest BCUT2D eigenvalue weighted by atomic mass is 10.2. The van der Waals surface area contributed by atoms with Crippen molar-refractivity contribution in [3.63, 3.8) is 0 Å². The summed E-state index contributed by atoms with van der Waals surface area (Å²) < 4.78 is 0.990. The molecule has 6 heteroatoms. The first-order valence-corrected chi connectivity index (χ1v) is 6.61. The Labute approximate surface area is 96.9 Å². The summed E-state index contributed by atoms with van der Waals surface area (Å²) in [6, 6.07) is 10.6. The van der Waals surface area contributed by atoms with Crippen molar-refractivity contribution in [2.24, 2.45) is 0 Å². The van der Waals surface area contributed by atoms with E-state index in [0.29, 0.717) is 0 Å². The van der Waals surface area contributed by atoms with Crippen molar-refractivity contribution >= 4 is 9.05 Å². The van der Waals surface area contributed by atoms with Gasteiger partial charge in [-0.15, -0.1) is 0 Å². The van der Waals surface area contributed by atoms with Crippen molar-refractivity contribution in [2.45, 2.75) is 6.54 Å². The molecule has 0 bridgehead atoms. The van der Waals surface area contributed by atoms with E-state index in [1.165, 1.54) is 5.56 Å². The maximum atomic E-state index is 7.33. The fraction of sp³-hybridized carbons (Fsp3) is 0.400. The van der Waals surface area contributed by atoms with Crippen LogP contribution in [0.1, 0.15) is 5.56 Å². The Morgan fingerprint density at radius 2 is 1.31 bits per heavy atom. The molecule has 0 saturated heterocycles. The van der Waals surface area contributed by atoms with Crippen LogP contribution in [0.2, 0.25) is 0 Å². The van der Waals surface area contributed by atoms with E-state index in [0.717, 1.165) is 11.0 Å². The molecule has 1 rings (SSSR count). The molecule has 0 spiro atoms. The summed E-state index contributed by atoms with van der Waals surface area (Å²) in [5.41, 5.74) is 1.40. The fourth-order valence-corrected chi connectivity index (χ4v) is 1.13. The SMILES string of the molecule is C[N+](C)(C)Cc1ccccc1.O[Si](O)(O)O. The van der Waals surface area contributed by atoms with Gasteiger partial charge < -0.3 is 23.7 Å². The van der Waals surface area contributed by atoms with Gasteiger partial charge in [-0.3, -0.25) is 0 Å². The molecule has 0 aliphatic carbocycles. The smallest absolute Gasteiger partial charge is 0.368 e. The molecule has 0 amide bonds. The Morgan fingerprint density at radius 3 is 1.62 bits per heavy atom. The van der Waals surface area contributed by atoms with E-state index in [1.54, 1.807) is 0 Å². The zero-order chi connectivity index (χ0) is 12.8. The number of hydrogen-bond donors (Lipinski definition) is 4. The predicted molar refractivity (Wildman–Crippen MR) is 62.8 cm³/mol. The predicted octanol–water partition coefficient (Wildman–Crippen LogP) is -0.716. The van der Waals surface area contributed by atoms with Crippen LogP contribution >= 0.6 is 0 Å². The van der Waals surface area contributed by atoms with Gasteiger partial charge in [0.25, 0.3) is 0 Å². The minimum atomic E-state index is -4.61. The molecule has 0 fully saturated rings. The maximum Gasteiger partial charge on any atom is 0.668 e. The van der Waals surface area contributed by atoms with Gasteiger partial charge in [-0.1, -0.05) is 30.3 Å². The van der Waals surface area contributed by atoms with Gasteiger partial charge in [0.2, 0.25) is 0 Å². The van der Waals surface area contributed by atoms with E-state index < -0.39 is 9.05 Å². The van der Waals surface area contributed by atoms with Gasteiger partial charge in [0.15, 0.2) is 0 Å². The molecule has 92 valence electrons. The van der Waals surface area contributed by atoms with Crippen LogP contribution in [0, 0.1) is 0 Å². The van der Waals surface area contributed by atoms with Crippen molar-refractivity contribution in [1.29, 1.82) is 0 Å². The van der Waals surface area contributed by atoms with Crippen molar-refractivity contribution in [2.75, 3.05) is 21.1 Å². The summed E-state index contributed by atoms with van der Waals surface area (Å²) in [6.07, 6.45) is 0. The molecule has 0 unspecified atom stereocenters. The van der Waals surface area contributed by atoms with Gasteiger partial charge >= 0.3 is 9.05 Å². The van der Waals surface area contributed by atoms with Gasteiger partial charge in [0.05, 0.1) is 21.1 Å². The first-order valence-electron chi connectivity index (χ1n) is 4.82. The Balaban J connectivity index is 0.000000385. The third-order valence-electron chi connectivity index (χ3n) is 1.50. The molecular formula is C10H20NO4Si+. The van der Waals surface area contributed by atoms with E-state index in [1.807, 2.05) is 0 Å². The Hall–Kier alpha value is -0.763. The zero-order valence-corrected chi connectivity index (χ0v) is 10.8. The van der Waals surface area contributed by atoms with Crippen LogP contribution in [0.25, 0.3) is 0 Å². The Bertz CT molecular complexity index is 286. The number of quaternary nitrogens is 1. The van der Waals surface area contributed by atoms with Crippen molar-refractivity contribution < 1.29 is 23.7 Å². The van der Waals surface area contributed by atoms with E-state index >= 15 is 0 Å². The van der Waals surface area contributed by atoms with Crippen molar-refractivity contribution in [3.8, 4) is 0 Å². The molecular weight excluding hydrogens is 226 g/mol. The highest BCUT2D eigenvalue weighted by atomic mass is 28.4. The molecule has 0 saturated carbocycles. The summed E-state index contributed by atoms with van der Waals surface area (Å²) in [7, 11) is 1.99. The number of hydrogen-bond acceptors (Lipinski definition) is 4. The van der Waals surface area contributed by atoms with Gasteiger partial charge in [0, 0.05) is 5.56 Å². The van der Waals surface area contributed by atoms with E-state index in [2.05, 4.69) is 51.5 Å². The topological polar surface area (TPSA) is 80.9 Å². The molecule has 0 radical (unpaired) electrons. The summed E-state index contributed by atoms with van der Waals surface area (Å²) >= 11 is 0. The number of rotatable bonds is 2. The quantitative estimate of drug-likeness (QED) is 0.410. The van der Waals surface area contributed by atoms with Crippen LogP contribution in [0.15, 0.2) is 30.3 Å². The standard InChI is InChI=1S/C10H16N.H4O4Si/c1-11(2,3)9-10-7-5-4-6-8-10;1-5(2,3)4/h4-8H,9H2,1-3H3;1-4H/q+1;. The van der Waals surface area contributed by atoms with Crippen LogP contribution < -0.4 is 0 Å². The second-order valence-corrected chi connectivity index (χ2v) is 5.73. The van der Waals surface area contributed by atoms with Gasteiger partial charge in [-0.05, 0) is 0 Å². The molecule has 0 atom stereocenters. The fourth-order valence-electron chi connectivity index (χ4n) is 1.13. The normalized spacial score (nSPS) is 11.7. The monoisotopic (exact) mass is 246 g/mol. The minimum absolute atomic E-state index is 0.990. The molecule has 5 nitrogen and oxygen atoms in total. The lowest BCUT2D eigenvalue weighted by Crippen LogP contribution is -2.33. The lowest BCUT2D eigenvalue weighted by Gasteiger charge is -2.23. The largest absolute Gasteiger partial charge is 0.668 e. The summed E-state index contributed by atoms with van der Waals surface area (Å²) in [5, 5.41) is 0. The van der Waals surface area contributed by atoms with Crippen LogP contribution in [0.5, 0.6) is 0 Å². The molecule has 1 aromatic rings. The van der Waals surface area contributed by atoms with Crippen LogP contribution in [0.4, 0.5) is 0 Å². The molecule has 0 aliphatic heterocycles. The first kappa shape index (κ1) is 15.2. The van der Waals surface area contributed by atoms with E-state index in [-0.39, 0.29) is 0 Å². The molecule has 0 aliphatic rings. The highest BCUT2D eigenvalue weighted by molar-refractivity contribution is 6.46. The highest BCUT2D eigenvalue weighted by Crippen LogP contribution is 2.05. The third kappa shape index (κ3) is 13.2. The van der Waals surface area contributed by atoms with E-state index in [9.17, 15) is 0 Å². The number of benzene rings is 1. The number of nitrogens with zero attached hydrogens (tertiary/aromatic N) is 1. The van der Waals surface area contributed by atoms with Crippen LogP contribution in [-0.4, -0.2) is 53.9 Å². The average Bonchev–Trinajstić information content (AvgIpc) is 1.99. The zero-order valence-electron chi connectivity index (χ0n) is 9.83. The Kier molecular flexibility index (Phi) is 5.80. The molecule has 4 N–H and O–H groups in total. The van der Waals surface area contributed by atoms with Crippen molar-refractivity contribution in [3.05, 3.63) is 35.9 Å². The average molecular weight is 246 g/mol. The highest BCUT2D eigenvalue weighted by Gasteiger charge is 2.22. The molecule has 1 aromatic carbocycles. The Morgan fingerprint density at radius 1 is 0.938 bits per heavy atom. The maximum absolute atomic E-state index is 7.33. The molecule has 0 heterocycles.